The van der Waals surface area contributed by atoms with E-state index < -0.39 is 5.97 Å². The van der Waals surface area contributed by atoms with Crippen molar-refractivity contribution in [1.29, 1.82) is 0 Å². The number of nitrogens with zero attached hydrogens (tertiary/aromatic N) is 2. The standard InChI is InChI=1S/C15H24N2O2S/c1-2-12-13(7-8-15(18)19)20-14(16-12)11-17-9-5-3-4-6-10-17/h2-11H2,1H3,(H,18,19). The summed E-state index contributed by atoms with van der Waals surface area (Å²) >= 11 is 1.71. The van der Waals surface area contributed by atoms with Crippen molar-refractivity contribution in [3.05, 3.63) is 15.6 Å². The van der Waals surface area contributed by atoms with E-state index in [4.69, 9.17) is 10.1 Å². The van der Waals surface area contributed by atoms with Crippen LogP contribution in [-0.2, 0) is 24.2 Å². The summed E-state index contributed by atoms with van der Waals surface area (Å²) in [6.45, 7) is 5.37. The molecule has 1 saturated heterocycles. The minimum Gasteiger partial charge on any atom is -0.481 e. The minimum absolute atomic E-state index is 0.207. The first-order chi connectivity index (χ1) is 9.69. The lowest BCUT2D eigenvalue weighted by atomic mass is 10.2. The number of aromatic nitrogens is 1. The third-order valence-electron chi connectivity index (χ3n) is 3.78. The SMILES string of the molecule is CCc1nc(CN2CCCCCC2)sc1CCC(=O)O. The molecule has 5 heteroatoms. The van der Waals surface area contributed by atoms with Crippen molar-refractivity contribution in [3.8, 4) is 0 Å². The quantitative estimate of drug-likeness (QED) is 0.876. The van der Waals surface area contributed by atoms with Crippen LogP contribution in [0.5, 0.6) is 0 Å². The van der Waals surface area contributed by atoms with E-state index in [1.54, 1.807) is 11.3 Å². The predicted octanol–water partition coefficient (Wildman–Crippen LogP) is 3.10. The Kier molecular flexibility index (Phi) is 5.98. The number of carbonyl (C=O) groups is 1. The number of aryl methyl sites for hydroxylation is 2. The molecule has 0 radical (unpaired) electrons. The van der Waals surface area contributed by atoms with Crippen molar-refractivity contribution in [2.45, 2.75) is 58.4 Å². The molecule has 1 aromatic heterocycles. The first kappa shape index (κ1) is 15.4. The molecule has 1 aromatic rings. The zero-order chi connectivity index (χ0) is 14.4. The highest BCUT2D eigenvalue weighted by Crippen LogP contribution is 2.23. The molecule has 0 amide bonds. The molecule has 1 fully saturated rings. The summed E-state index contributed by atoms with van der Waals surface area (Å²) in [6.07, 6.45) is 6.99. The first-order valence-electron chi connectivity index (χ1n) is 7.60. The molecule has 2 heterocycles. The van der Waals surface area contributed by atoms with Crippen molar-refractivity contribution in [3.63, 3.8) is 0 Å². The van der Waals surface area contributed by atoms with Gasteiger partial charge in [-0.2, -0.15) is 0 Å². The van der Waals surface area contributed by atoms with E-state index in [0.29, 0.717) is 6.42 Å². The monoisotopic (exact) mass is 296 g/mol. The van der Waals surface area contributed by atoms with Crippen LogP contribution in [0.1, 0.15) is 54.6 Å². The van der Waals surface area contributed by atoms with Gasteiger partial charge in [-0.3, -0.25) is 9.69 Å². The second-order valence-electron chi connectivity index (χ2n) is 5.42. The molecule has 112 valence electrons. The molecule has 0 bridgehead atoms. The fraction of sp³-hybridized carbons (Fsp3) is 0.733. The molecular formula is C15H24N2O2S. The number of carboxylic acids is 1. The number of hydrogen-bond donors (Lipinski definition) is 1. The number of aliphatic carboxylic acids is 1. The van der Waals surface area contributed by atoms with Crippen LogP contribution in [0.15, 0.2) is 0 Å². The second-order valence-corrected chi connectivity index (χ2v) is 6.58. The molecule has 1 aliphatic rings. The van der Waals surface area contributed by atoms with Crippen LogP contribution in [-0.4, -0.2) is 34.0 Å². The van der Waals surface area contributed by atoms with E-state index in [0.717, 1.165) is 23.7 Å². The van der Waals surface area contributed by atoms with Gasteiger partial charge >= 0.3 is 5.97 Å². The fourth-order valence-corrected chi connectivity index (χ4v) is 3.88. The molecule has 0 aromatic carbocycles. The van der Waals surface area contributed by atoms with Gasteiger partial charge in [0.15, 0.2) is 0 Å². The molecule has 0 aliphatic carbocycles. The third kappa shape index (κ3) is 4.56. The molecule has 1 N–H and O–H groups in total. The third-order valence-corrected chi connectivity index (χ3v) is 4.92. The van der Waals surface area contributed by atoms with Gasteiger partial charge in [0.1, 0.15) is 5.01 Å². The molecule has 0 saturated carbocycles. The maximum atomic E-state index is 10.7. The number of thiazole rings is 1. The molecule has 0 spiro atoms. The van der Waals surface area contributed by atoms with Crippen LogP contribution in [0.25, 0.3) is 0 Å². The van der Waals surface area contributed by atoms with Crippen molar-refractivity contribution in [2.24, 2.45) is 0 Å². The van der Waals surface area contributed by atoms with E-state index in [1.807, 2.05) is 0 Å². The van der Waals surface area contributed by atoms with E-state index >= 15 is 0 Å². The summed E-state index contributed by atoms with van der Waals surface area (Å²) in [5, 5.41) is 9.97. The van der Waals surface area contributed by atoms with Gasteiger partial charge in [-0.05, 0) is 38.8 Å². The molecule has 0 atom stereocenters. The molecule has 20 heavy (non-hydrogen) atoms. The van der Waals surface area contributed by atoms with Crippen LogP contribution < -0.4 is 0 Å². The highest BCUT2D eigenvalue weighted by molar-refractivity contribution is 7.11. The number of carboxylic acid groups (broad SMARTS) is 1. The normalized spacial score (nSPS) is 17.1. The predicted molar refractivity (Wildman–Crippen MR) is 81.2 cm³/mol. The number of hydrogen-bond acceptors (Lipinski definition) is 4. The van der Waals surface area contributed by atoms with Crippen LogP contribution in [0.2, 0.25) is 0 Å². The van der Waals surface area contributed by atoms with Crippen LogP contribution >= 0.6 is 11.3 Å². The van der Waals surface area contributed by atoms with E-state index in [9.17, 15) is 4.79 Å². The van der Waals surface area contributed by atoms with E-state index in [-0.39, 0.29) is 6.42 Å². The average Bonchev–Trinajstić information content (AvgIpc) is 2.62. The summed E-state index contributed by atoms with van der Waals surface area (Å²) in [7, 11) is 0. The Bertz CT molecular complexity index is 437. The largest absolute Gasteiger partial charge is 0.481 e. The molecule has 2 rings (SSSR count). The number of rotatable bonds is 6. The van der Waals surface area contributed by atoms with Gasteiger partial charge in [0.25, 0.3) is 0 Å². The average molecular weight is 296 g/mol. The lowest BCUT2D eigenvalue weighted by Gasteiger charge is -2.17. The molecule has 0 unspecified atom stereocenters. The number of likely N-dealkylation sites (tertiary alicyclic amines) is 1. The van der Waals surface area contributed by atoms with Gasteiger partial charge in [0, 0.05) is 4.88 Å². The van der Waals surface area contributed by atoms with Crippen LogP contribution in [0.3, 0.4) is 0 Å². The zero-order valence-electron chi connectivity index (χ0n) is 12.2. The van der Waals surface area contributed by atoms with Crippen LogP contribution in [0.4, 0.5) is 0 Å². The van der Waals surface area contributed by atoms with E-state index in [1.165, 1.54) is 43.6 Å². The van der Waals surface area contributed by atoms with Gasteiger partial charge in [-0.25, -0.2) is 4.98 Å². The summed E-state index contributed by atoms with van der Waals surface area (Å²) in [4.78, 5) is 19.1. The maximum absolute atomic E-state index is 10.7. The Labute approximate surface area is 124 Å². The molecular weight excluding hydrogens is 272 g/mol. The highest BCUT2D eigenvalue weighted by Gasteiger charge is 2.15. The van der Waals surface area contributed by atoms with Crippen molar-refractivity contribution in [2.75, 3.05) is 13.1 Å². The van der Waals surface area contributed by atoms with E-state index in [2.05, 4.69) is 11.8 Å². The van der Waals surface area contributed by atoms with Crippen LogP contribution in [0, 0.1) is 0 Å². The topological polar surface area (TPSA) is 53.4 Å². The molecule has 1 aliphatic heterocycles. The zero-order valence-corrected chi connectivity index (χ0v) is 13.0. The Balaban J connectivity index is 1.98. The van der Waals surface area contributed by atoms with Crippen molar-refractivity contribution >= 4 is 17.3 Å². The fourth-order valence-electron chi connectivity index (χ4n) is 2.68. The summed E-state index contributed by atoms with van der Waals surface area (Å²) in [5.41, 5.74) is 1.10. The highest BCUT2D eigenvalue weighted by atomic mass is 32.1. The Morgan fingerprint density at radius 2 is 2.00 bits per heavy atom. The Hall–Kier alpha value is -0.940. The second kappa shape index (κ2) is 7.74. The van der Waals surface area contributed by atoms with Gasteiger partial charge in [0.2, 0.25) is 0 Å². The lowest BCUT2D eigenvalue weighted by Crippen LogP contribution is -2.23. The van der Waals surface area contributed by atoms with Gasteiger partial charge in [0.05, 0.1) is 18.7 Å². The lowest BCUT2D eigenvalue weighted by molar-refractivity contribution is -0.136. The maximum Gasteiger partial charge on any atom is 0.303 e. The summed E-state index contributed by atoms with van der Waals surface area (Å²) in [6, 6.07) is 0. The van der Waals surface area contributed by atoms with Crippen molar-refractivity contribution < 1.29 is 9.90 Å². The smallest absolute Gasteiger partial charge is 0.303 e. The van der Waals surface area contributed by atoms with Crippen molar-refractivity contribution in [1.82, 2.24) is 9.88 Å². The summed E-state index contributed by atoms with van der Waals surface area (Å²) in [5.74, 6) is -0.727. The molecule has 4 nitrogen and oxygen atoms in total. The van der Waals surface area contributed by atoms with Gasteiger partial charge in [-0.15, -0.1) is 11.3 Å². The Morgan fingerprint density at radius 3 is 2.60 bits per heavy atom. The summed E-state index contributed by atoms with van der Waals surface area (Å²) < 4.78 is 0. The first-order valence-corrected chi connectivity index (χ1v) is 8.42. The van der Waals surface area contributed by atoms with Gasteiger partial charge < -0.3 is 5.11 Å². The minimum atomic E-state index is -0.727. The van der Waals surface area contributed by atoms with Gasteiger partial charge in [-0.1, -0.05) is 19.8 Å². The Morgan fingerprint density at radius 1 is 1.30 bits per heavy atom.